The summed E-state index contributed by atoms with van der Waals surface area (Å²) in [6, 6.07) is 10.5. The summed E-state index contributed by atoms with van der Waals surface area (Å²) in [5.74, 6) is -0.0950. The third kappa shape index (κ3) is 5.50. The van der Waals surface area contributed by atoms with Crippen molar-refractivity contribution < 1.29 is 23.8 Å². The summed E-state index contributed by atoms with van der Waals surface area (Å²) in [5.41, 5.74) is 1.92. The average Bonchev–Trinajstić information content (AvgIpc) is 3.03. The molecule has 0 saturated heterocycles. The highest BCUT2D eigenvalue weighted by Gasteiger charge is 2.38. The van der Waals surface area contributed by atoms with Gasteiger partial charge < -0.3 is 14.2 Å². The minimum atomic E-state index is -1.09. The van der Waals surface area contributed by atoms with Crippen LogP contribution < -0.4 is 19.1 Å². The number of carbonyl (C=O) groups is 2. The normalized spacial score (nSPS) is 14.2. The molecule has 2 heterocycles. The number of aromatic nitrogens is 3. The van der Waals surface area contributed by atoms with Crippen molar-refractivity contribution in [3.05, 3.63) is 47.0 Å². The highest BCUT2D eigenvalue weighted by Crippen LogP contribution is 2.47. The van der Waals surface area contributed by atoms with Crippen molar-refractivity contribution in [2.24, 2.45) is 0 Å². The zero-order valence-corrected chi connectivity index (χ0v) is 22.6. The molecule has 1 aliphatic heterocycles. The molecule has 1 aromatic heterocycles. The van der Waals surface area contributed by atoms with E-state index in [1.807, 2.05) is 44.4 Å². The quantitative estimate of drug-likeness (QED) is 0.197. The van der Waals surface area contributed by atoms with Gasteiger partial charge in [0.25, 0.3) is 0 Å². The van der Waals surface area contributed by atoms with Crippen molar-refractivity contribution in [2.45, 2.75) is 50.9 Å². The molecule has 0 unspecified atom stereocenters. The van der Waals surface area contributed by atoms with Gasteiger partial charge in [0, 0.05) is 29.5 Å². The maximum Gasteiger partial charge on any atom is 0.311 e. The molecule has 194 valence electrons. The molecular weight excluding hydrogens is 516 g/mol. The van der Waals surface area contributed by atoms with E-state index < -0.39 is 12.2 Å². The molecule has 37 heavy (non-hydrogen) atoms. The molecule has 9 nitrogen and oxygen atoms in total. The Hall–Kier alpha value is -3.37. The number of ether oxygens (including phenoxy) is 3. The van der Waals surface area contributed by atoms with Crippen LogP contribution >= 0.6 is 23.4 Å². The number of methoxy groups -OCH3 is 1. The van der Waals surface area contributed by atoms with E-state index in [-0.39, 0.29) is 36.1 Å². The highest BCUT2D eigenvalue weighted by atomic mass is 35.5. The van der Waals surface area contributed by atoms with E-state index in [1.165, 1.54) is 23.8 Å². The summed E-state index contributed by atoms with van der Waals surface area (Å²) in [5, 5.41) is 9.28. The molecule has 1 amide bonds. The predicted molar refractivity (Wildman–Crippen MR) is 141 cm³/mol. The maximum absolute atomic E-state index is 13.7. The van der Waals surface area contributed by atoms with Gasteiger partial charge in [-0.3, -0.25) is 14.5 Å². The van der Waals surface area contributed by atoms with E-state index in [0.717, 1.165) is 0 Å². The Kier molecular flexibility index (Phi) is 8.50. The summed E-state index contributed by atoms with van der Waals surface area (Å²) >= 11 is 7.79. The topological polar surface area (TPSA) is 104 Å². The third-order valence-electron chi connectivity index (χ3n) is 5.63. The lowest BCUT2D eigenvalue weighted by Crippen LogP contribution is -2.38. The van der Waals surface area contributed by atoms with Gasteiger partial charge in [-0.05, 0) is 31.2 Å². The number of benzene rings is 2. The van der Waals surface area contributed by atoms with Gasteiger partial charge in [0.1, 0.15) is 0 Å². The molecular formula is C26H27ClN4O5S. The van der Waals surface area contributed by atoms with Gasteiger partial charge in [-0.25, -0.2) is 0 Å². The van der Waals surface area contributed by atoms with E-state index in [9.17, 15) is 9.59 Å². The fourth-order valence-corrected chi connectivity index (χ4v) is 4.52. The molecule has 0 saturated carbocycles. The minimum Gasteiger partial charge on any atom is -0.493 e. The Bertz CT molecular complexity index is 1320. The molecule has 0 aliphatic carbocycles. The molecule has 0 radical (unpaired) electrons. The van der Waals surface area contributed by atoms with Crippen LogP contribution in [0.4, 0.5) is 5.69 Å². The maximum atomic E-state index is 13.7. The van der Waals surface area contributed by atoms with Crippen LogP contribution in [0.5, 0.6) is 17.4 Å². The number of amides is 1. The van der Waals surface area contributed by atoms with Crippen molar-refractivity contribution in [3.63, 3.8) is 0 Å². The lowest BCUT2D eigenvalue weighted by atomic mass is 10.1. The first-order chi connectivity index (χ1) is 17.9. The Morgan fingerprint density at radius 1 is 1.14 bits per heavy atom. The number of nitrogens with zero attached hydrogens (tertiary/aromatic N) is 4. The molecule has 0 N–H and O–H groups in total. The van der Waals surface area contributed by atoms with Crippen LogP contribution in [0.3, 0.4) is 0 Å². The van der Waals surface area contributed by atoms with Crippen LogP contribution in [0.1, 0.15) is 51.3 Å². The monoisotopic (exact) mass is 542 g/mol. The summed E-state index contributed by atoms with van der Waals surface area (Å²) in [7, 11) is 1.45. The number of hydrogen-bond acceptors (Lipinski definition) is 9. The van der Waals surface area contributed by atoms with E-state index in [0.29, 0.717) is 45.5 Å². The molecule has 0 fully saturated rings. The SMILES string of the molecule is CCCC(=O)Oc1c(OC)cc(Cl)cc1[C@@H]1Oc2nc(SC)nnc2-c2ccccc2N1C(=O)CCC. The molecule has 3 aromatic rings. The van der Waals surface area contributed by atoms with Crippen LogP contribution in [0.15, 0.2) is 41.6 Å². The van der Waals surface area contributed by atoms with Crippen LogP contribution in [-0.4, -0.2) is 40.4 Å². The highest BCUT2D eigenvalue weighted by molar-refractivity contribution is 7.98. The van der Waals surface area contributed by atoms with Crippen LogP contribution in [0, 0.1) is 0 Å². The number of carbonyl (C=O) groups excluding carboxylic acids is 2. The van der Waals surface area contributed by atoms with Gasteiger partial charge in [0.2, 0.25) is 23.2 Å². The number of rotatable bonds is 8. The molecule has 1 aliphatic rings. The molecule has 4 rings (SSSR count). The first-order valence-electron chi connectivity index (χ1n) is 11.9. The molecule has 11 heteroatoms. The van der Waals surface area contributed by atoms with Crippen molar-refractivity contribution in [2.75, 3.05) is 18.3 Å². The van der Waals surface area contributed by atoms with Crippen molar-refractivity contribution in [1.82, 2.24) is 15.2 Å². The molecule has 1 atom stereocenters. The number of esters is 1. The zero-order chi connectivity index (χ0) is 26.5. The van der Waals surface area contributed by atoms with E-state index in [1.54, 1.807) is 12.1 Å². The number of fused-ring (bicyclic) bond motifs is 3. The molecule has 0 bridgehead atoms. The molecule has 2 aromatic carbocycles. The zero-order valence-electron chi connectivity index (χ0n) is 21.0. The van der Waals surface area contributed by atoms with Crippen molar-refractivity contribution in [1.29, 1.82) is 0 Å². The predicted octanol–water partition coefficient (Wildman–Crippen LogP) is 5.85. The Labute approximate surface area is 224 Å². The van der Waals surface area contributed by atoms with Crippen LogP contribution in [-0.2, 0) is 9.59 Å². The van der Waals surface area contributed by atoms with Gasteiger partial charge in [0.15, 0.2) is 17.2 Å². The smallest absolute Gasteiger partial charge is 0.311 e. The minimum absolute atomic E-state index is 0.123. The van der Waals surface area contributed by atoms with Crippen molar-refractivity contribution in [3.8, 4) is 28.6 Å². The summed E-state index contributed by atoms with van der Waals surface area (Å²) in [6.45, 7) is 3.80. The molecule has 0 spiro atoms. The lowest BCUT2D eigenvalue weighted by Gasteiger charge is -2.32. The largest absolute Gasteiger partial charge is 0.493 e. The number of thioether (sulfide) groups is 1. The Morgan fingerprint density at radius 2 is 1.89 bits per heavy atom. The number of halogens is 1. The second kappa shape index (κ2) is 11.8. The number of anilines is 1. The number of hydrogen-bond donors (Lipinski definition) is 0. The van der Waals surface area contributed by atoms with Crippen LogP contribution in [0.2, 0.25) is 5.02 Å². The third-order valence-corrected chi connectivity index (χ3v) is 6.39. The number of para-hydroxylation sites is 1. The summed E-state index contributed by atoms with van der Waals surface area (Å²) < 4.78 is 17.8. The Morgan fingerprint density at radius 3 is 2.59 bits per heavy atom. The second-order valence-corrected chi connectivity index (χ2v) is 9.41. The standard InChI is InChI=1S/C26H27ClN4O5S/c1-5-9-20(32)31-18-12-8-7-11-16(18)22-24(28-26(37-4)30-29-22)36-25(31)17-13-15(27)14-19(34-3)23(17)35-21(33)10-6-2/h7-8,11-14,25H,5-6,9-10H2,1-4H3/t25-/m0/s1. The lowest BCUT2D eigenvalue weighted by molar-refractivity contribution is -0.134. The van der Waals surface area contributed by atoms with E-state index in [2.05, 4.69) is 15.2 Å². The first-order valence-corrected chi connectivity index (χ1v) is 13.5. The van der Waals surface area contributed by atoms with Gasteiger partial charge in [-0.2, -0.15) is 4.98 Å². The van der Waals surface area contributed by atoms with Gasteiger partial charge >= 0.3 is 5.97 Å². The van der Waals surface area contributed by atoms with Gasteiger partial charge in [-0.1, -0.05) is 55.4 Å². The average molecular weight is 543 g/mol. The van der Waals surface area contributed by atoms with Gasteiger partial charge in [-0.15, -0.1) is 10.2 Å². The second-order valence-electron chi connectivity index (χ2n) is 8.20. The fourth-order valence-electron chi connectivity index (χ4n) is 4.01. The van der Waals surface area contributed by atoms with E-state index >= 15 is 0 Å². The summed E-state index contributed by atoms with van der Waals surface area (Å²) in [6.07, 6.45) is 2.41. The van der Waals surface area contributed by atoms with E-state index in [4.69, 9.17) is 25.8 Å². The summed E-state index contributed by atoms with van der Waals surface area (Å²) in [4.78, 5) is 32.3. The van der Waals surface area contributed by atoms with Crippen molar-refractivity contribution >= 4 is 40.9 Å². The Balaban J connectivity index is 2.00. The van der Waals surface area contributed by atoms with Crippen LogP contribution in [0.25, 0.3) is 11.3 Å². The first kappa shape index (κ1) is 26.7. The van der Waals surface area contributed by atoms with Gasteiger partial charge in [0.05, 0.1) is 18.4 Å². The fraction of sp³-hybridized carbons (Fsp3) is 0.346.